The average Bonchev–Trinajstić information content (AvgIpc) is 3.28. The topological polar surface area (TPSA) is 91.8 Å². The van der Waals surface area contributed by atoms with Crippen LogP contribution in [0.5, 0.6) is 5.75 Å². The van der Waals surface area contributed by atoms with E-state index in [2.05, 4.69) is 11.1 Å². The van der Waals surface area contributed by atoms with Crippen molar-refractivity contribution in [3.8, 4) is 5.75 Å². The summed E-state index contributed by atoms with van der Waals surface area (Å²) in [4.78, 5) is 32.2. The normalized spacial score (nSPS) is 19.4. The molecular formula is C29H33N3O4. The standard InChI is InChI=1S/C29H33N3O4/c1-19-17-22(24-9-5-6-10-26(24)30-19)18-36-23-13-11-20(12-14-23)25-15-16-32(29(25)34)27(28(33)31-35)21-7-3-2-4-8-21/h5-6,9-14,17,21,25,27,35H,2-4,7-8,15-16,18H2,1H3,(H,31,33). The second-order valence-electron chi connectivity index (χ2n) is 9.99. The third kappa shape index (κ3) is 4.93. The summed E-state index contributed by atoms with van der Waals surface area (Å²) in [5.74, 6) is 0.0279. The van der Waals surface area contributed by atoms with Crippen LogP contribution in [0.25, 0.3) is 10.9 Å². The predicted molar refractivity (Wildman–Crippen MR) is 137 cm³/mol. The zero-order valence-electron chi connectivity index (χ0n) is 20.7. The molecular weight excluding hydrogens is 454 g/mol. The molecule has 3 aromatic rings. The second-order valence-corrected chi connectivity index (χ2v) is 9.99. The Hall–Kier alpha value is -3.45. The van der Waals surface area contributed by atoms with Gasteiger partial charge in [0.05, 0.1) is 11.4 Å². The van der Waals surface area contributed by atoms with E-state index < -0.39 is 11.9 Å². The Morgan fingerprint density at radius 2 is 1.86 bits per heavy atom. The molecule has 2 amide bonds. The van der Waals surface area contributed by atoms with Crippen LogP contribution in [0.1, 0.15) is 61.3 Å². The van der Waals surface area contributed by atoms with E-state index in [-0.39, 0.29) is 17.7 Å². The number of hydrogen-bond donors (Lipinski definition) is 2. The van der Waals surface area contributed by atoms with Gasteiger partial charge in [0, 0.05) is 23.2 Å². The number of para-hydroxylation sites is 1. The molecule has 2 N–H and O–H groups in total. The van der Waals surface area contributed by atoms with Crippen LogP contribution in [0.15, 0.2) is 54.6 Å². The van der Waals surface area contributed by atoms with Crippen molar-refractivity contribution >= 4 is 22.7 Å². The Balaban J connectivity index is 1.27. The van der Waals surface area contributed by atoms with E-state index in [4.69, 9.17) is 4.74 Å². The maximum Gasteiger partial charge on any atom is 0.266 e. The van der Waals surface area contributed by atoms with E-state index >= 15 is 0 Å². The average molecular weight is 488 g/mol. The highest BCUT2D eigenvalue weighted by Gasteiger charge is 2.43. The Bertz CT molecular complexity index is 1240. The van der Waals surface area contributed by atoms with Gasteiger partial charge in [0.25, 0.3) is 5.91 Å². The number of aryl methyl sites for hydroxylation is 1. The molecule has 2 unspecified atom stereocenters. The van der Waals surface area contributed by atoms with Crippen molar-refractivity contribution in [2.75, 3.05) is 6.54 Å². The number of rotatable bonds is 7. The number of hydroxylamine groups is 1. The molecule has 0 radical (unpaired) electrons. The van der Waals surface area contributed by atoms with Crippen LogP contribution in [0.4, 0.5) is 0 Å². The summed E-state index contributed by atoms with van der Waals surface area (Å²) in [5.41, 5.74) is 5.72. The second kappa shape index (κ2) is 10.7. The molecule has 0 spiro atoms. The van der Waals surface area contributed by atoms with Gasteiger partial charge in [-0.15, -0.1) is 0 Å². The highest BCUT2D eigenvalue weighted by atomic mass is 16.5. The van der Waals surface area contributed by atoms with Gasteiger partial charge in [-0.05, 0) is 61.9 Å². The molecule has 0 bridgehead atoms. The minimum absolute atomic E-state index is 0.0402. The minimum atomic E-state index is -0.603. The first-order chi connectivity index (χ1) is 17.5. The van der Waals surface area contributed by atoms with Gasteiger partial charge in [-0.25, -0.2) is 5.48 Å². The highest BCUT2D eigenvalue weighted by molar-refractivity contribution is 5.92. The molecule has 5 rings (SSSR count). The monoisotopic (exact) mass is 487 g/mol. The number of ether oxygens (including phenoxy) is 1. The number of amides is 2. The summed E-state index contributed by atoms with van der Waals surface area (Å²) in [6, 6.07) is 17.2. The Morgan fingerprint density at radius 1 is 1.11 bits per heavy atom. The van der Waals surface area contributed by atoms with E-state index in [0.29, 0.717) is 19.6 Å². The van der Waals surface area contributed by atoms with Crippen LogP contribution >= 0.6 is 0 Å². The van der Waals surface area contributed by atoms with Crippen molar-refractivity contribution in [1.29, 1.82) is 0 Å². The molecule has 2 fully saturated rings. The number of carbonyl (C=O) groups excluding carboxylic acids is 2. The number of fused-ring (bicyclic) bond motifs is 1. The summed E-state index contributed by atoms with van der Waals surface area (Å²) < 4.78 is 6.08. The number of nitrogens with one attached hydrogen (secondary N) is 1. The van der Waals surface area contributed by atoms with Crippen molar-refractivity contribution in [2.45, 2.75) is 64.0 Å². The third-order valence-electron chi connectivity index (χ3n) is 7.66. The van der Waals surface area contributed by atoms with E-state index in [1.165, 1.54) is 0 Å². The molecule has 1 aliphatic heterocycles. The zero-order valence-corrected chi connectivity index (χ0v) is 20.7. The molecule has 1 saturated heterocycles. The van der Waals surface area contributed by atoms with E-state index in [0.717, 1.165) is 65.6 Å². The summed E-state index contributed by atoms with van der Waals surface area (Å²) in [5, 5.41) is 10.4. The highest BCUT2D eigenvalue weighted by Crippen LogP contribution is 2.36. The first kappa shape index (κ1) is 24.3. The number of nitrogens with zero attached hydrogens (tertiary/aromatic N) is 2. The van der Waals surface area contributed by atoms with E-state index in [9.17, 15) is 14.8 Å². The van der Waals surface area contributed by atoms with Gasteiger partial charge in [-0.3, -0.25) is 19.8 Å². The Morgan fingerprint density at radius 3 is 2.61 bits per heavy atom. The quantitative estimate of drug-likeness (QED) is 0.366. The van der Waals surface area contributed by atoms with Crippen LogP contribution in [0.2, 0.25) is 0 Å². The molecule has 7 nitrogen and oxygen atoms in total. The predicted octanol–water partition coefficient (Wildman–Crippen LogP) is 4.89. The van der Waals surface area contributed by atoms with Crippen LogP contribution in [0, 0.1) is 12.8 Å². The fourth-order valence-electron chi connectivity index (χ4n) is 5.89. The number of benzene rings is 2. The van der Waals surface area contributed by atoms with Gasteiger partial charge in [0.2, 0.25) is 5.91 Å². The summed E-state index contributed by atoms with van der Waals surface area (Å²) in [6.45, 7) is 2.93. The van der Waals surface area contributed by atoms with E-state index in [1.807, 2.05) is 60.9 Å². The van der Waals surface area contributed by atoms with Gasteiger partial charge in [-0.2, -0.15) is 0 Å². The van der Waals surface area contributed by atoms with Gasteiger partial charge in [0.1, 0.15) is 18.4 Å². The minimum Gasteiger partial charge on any atom is -0.489 e. The largest absolute Gasteiger partial charge is 0.489 e. The van der Waals surface area contributed by atoms with Gasteiger partial charge in [-0.1, -0.05) is 49.6 Å². The van der Waals surface area contributed by atoms with Gasteiger partial charge < -0.3 is 9.64 Å². The van der Waals surface area contributed by atoms with Crippen molar-refractivity contribution in [2.24, 2.45) is 5.92 Å². The van der Waals surface area contributed by atoms with Crippen LogP contribution < -0.4 is 10.2 Å². The number of hydrogen-bond acceptors (Lipinski definition) is 5. The van der Waals surface area contributed by atoms with E-state index in [1.54, 1.807) is 4.90 Å². The molecule has 2 aliphatic rings. The van der Waals surface area contributed by atoms with Crippen molar-refractivity contribution in [3.63, 3.8) is 0 Å². The lowest BCUT2D eigenvalue weighted by molar-refractivity contribution is -0.145. The lowest BCUT2D eigenvalue weighted by Crippen LogP contribution is -2.51. The Kier molecular flexibility index (Phi) is 7.18. The Labute approximate surface area is 211 Å². The first-order valence-corrected chi connectivity index (χ1v) is 12.9. The molecule has 2 aromatic carbocycles. The van der Waals surface area contributed by atoms with Crippen LogP contribution in [-0.2, 0) is 16.2 Å². The zero-order chi connectivity index (χ0) is 25.1. The van der Waals surface area contributed by atoms with Crippen molar-refractivity contribution < 1.29 is 19.5 Å². The molecule has 2 heterocycles. The number of pyridine rings is 1. The summed E-state index contributed by atoms with van der Waals surface area (Å²) in [7, 11) is 0. The van der Waals surface area contributed by atoms with Crippen LogP contribution in [0.3, 0.4) is 0 Å². The first-order valence-electron chi connectivity index (χ1n) is 12.9. The summed E-state index contributed by atoms with van der Waals surface area (Å²) in [6.07, 6.45) is 5.74. The smallest absolute Gasteiger partial charge is 0.266 e. The SMILES string of the molecule is Cc1cc(COc2ccc(C3CCN(C(C(=O)NO)C4CCCCC4)C3=O)cc2)c2ccccc2n1. The van der Waals surface area contributed by atoms with Gasteiger partial charge >= 0.3 is 0 Å². The van der Waals surface area contributed by atoms with Crippen molar-refractivity contribution in [1.82, 2.24) is 15.4 Å². The van der Waals surface area contributed by atoms with Gasteiger partial charge in [0.15, 0.2) is 0 Å². The lowest BCUT2D eigenvalue weighted by atomic mass is 9.83. The van der Waals surface area contributed by atoms with Crippen LogP contribution in [-0.4, -0.2) is 39.5 Å². The third-order valence-corrected chi connectivity index (χ3v) is 7.66. The molecule has 1 saturated carbocycles. The number of aromatic nitrogens is 1. The fourth-order valence-corrected chi connectivity index (χ4v) is 5.89. The fraction of sp³-hybridized carbons (Fsp3) is 0.414. The molecule has 7 heteroatoms. The maximum absolute atomic E-state index is 13.4. The number of likely N-dealkylation sites (tertiary alicyclic amines) is 1. The molecule has 188 valence electrons. The molecule has 36 heavy (non-hydrogen) atoms. The maximum atomic E-state index is 13.4. The van der Waals surface area contributed by atoms with Crippen molar-refractivity contribution in [3.05, 3.63) is 71.4 Å². The number of carbonyl (C=O) groups is 2. The lowest BCUT2D eigenvalue weighted by Gasteiger charge is -2.35. The molecule has 1 aliphatic carbocycles. The summed E-state index contributed by atoms with van der Waals surface area (Å²) >= 11 is 0. The molecule has 2 atom stereocenters. The molecule has 1 aromatic heterocycles.